The van der Waals surface area contributed by atoms with Crippen LogP contribution in [0.5, 0.6) is 5.88 Å². The third kappa shape index (κ3) is 6.42. The van der Waals surface area contributed by atoms with Crippen LogP contribution in [-0.2, 0) is 34.0 Å². The first kappa shape index (κ1) is 26.0. The van der Waals surface area contributed by atoms with Gasteiger partial charge in [-0.1, -0.05) is 97.9 Å². The van der Waals surface area contributed by atoms with Gasteiger partial charge in [0.05, 0.1) is 25.5 Å². The van der Waals surface area contributed by atoms with Crippen LogP contribution in [0, 0.1) is 5.95 Å². The molecule has 196 valence electrons. The summed E-state index contributed by atoms with van der Waals surface area (Å²) in [6.07, 6.45) is 0.0414. The highest BCUT2D eigenvalue weighted by Crippen LogP contribution is 2.39. The highest BCUT2D eigenvalue weighted by atomic mass is 19.1. The molecule has 1 aliphatic rings. The summed E-state index contributed by atoms with van der Waals surface area (Å²) >= 11 is 0. The fraction of sp³-hybridized carbons (Fsp3) is 0.290. The Kier molecular flexibility index (Phi) is 8.71. The molecule has 0 amide bonds. The van der Waals surface area contributed by atoms with Crippen molar-refractivity contribution < 1.29 is 23.3 Å². The van der Waals surface area contributed by atoms with Crippen molar-refractivity contribution in [3.8, 4) is 5.88 Å². The maximum absolute atomic E-state index is 15.3. The molecule has 1 fully saturated rings. The van der Waals surface area contributed by atoms with Crippen molar-refractivity contribution >= 4 is 0 Å². The Balaban J connectivity index is 1.35. The Morgan fingerprint density at radius 2 is 1.26 bits per heavy atom. The van der Waals surface area contributed by atoms with E-state index in [0.717, 1.165) is 16.7 Å². The van der Waals surface area contributed by atoms with E-state index in [4.69, 9.17) is 18.9 Å². The van der Waals surface area contributed by atoms with Gasteiger partial charge in [0.25, 0.3) is 0 Å². The Bertz CT molecular complexity index is 1280. The fourth-order valence-electron chi connectivity index (χ4n) is 4.55. The van der Waals surface area contributed by atoms with Gasteiger partial charge in [-0.2, -0.15) is 9.37 Å². The van der Waals surface area contributed by atoms with Crippen LogP contribution in [0.3, 0.4) is 0 Å². The number of hydrogen-bond donors (Lipinski definition) is 0. The molecule has 1 aliphatic heterocycles. The van der Waals surface area contributed by atoms with Crippen molar-refractivity contribution in [2.24, 2.45) is 0 Å². The maximum Gasteiger partial charge on any atom is 0.240 e. The summed E-state index contributed by atoms with van der Waals surface area (Å²) in [5, 5.41) is 0. The van der Waals surface area contributed by atoms with Crippen molar-refractivity contribution in [1.29, 1.82) is 0 Å². The van der Waals surface area contributed by atoms with Crippen LogP contribution >= 0.6 is 0 Å². The molecule has 1 aromatic heterocycles. The van der Waals surface area contributed by atoms with Gasteiger partial charge in [0, 0.05) is 0 Å². The molecule has 6 nitrogen and oxygen atoms in total. The standard InChI is InChI=1S/C31H31FN2O4/c1-2-25-28(36-20-23-14-8-4-9-15-23)30(37-21-24-16-10-5-11-17-24)29(38-25)27-31(32)34-26(18-33-27)35-19-22-12-6-3-7-13-22/h3-18,25,28-30H,2,19-21H2,1H3/t25-,28?,29+,30+/m1/s1. The summed E-state index contributed by atoms with van der Waals surface area (Å²) in [5.41, 5.74) is 3.08. The van der Waals surface area contributed by atoms with E-state index in [2.05, 4.69) is 9.97 Å². The van der Waals surface area contributed by atoms with Crippen molar-refractivity contribution in [3.05, 3.63) is 126 Å². The fourth-order valence-corrected chi connectivity index (χ4v) is 4.55. The molecular formula is C31H31FN2O4. The SMILES string of the molecule is CC[C@H]1O[C@@H](c2ncc(OCc3ccccc3)nc2F)[C@@H](OCc2ccccc2)C1OCc1ccccc1. The normalized spacial score (nSPS) is 20.9. The number of rotatable bonds is 11. The highest BCUT2D eigenvalue weighted by molar-refractivity contribution is 5.19. The minimum absolute atomic E-state index is 0.0828. The minimum atomic E-state index is -0.778. The second kappa shape index (κ2) is 12.7. The van der Waals surface area contributed by atoms with Crippen LogP contribution in [0.4, 0.5) is 4.39 Å². The Morgan fingerprint density at radius 3 is 1.79 bits per heavy atom. The number of halogens is 1. The van der Waals surface area contributed by atoms with Gasteiger partial charge in [-0.3, -0.25) is 0 Å². The summed E-state index contributed by atoms with van der Waals surface area (Å²) in [7, 11) is 0. The van der Waals surface area contributed by atoms with Gasteiger partial charge in [0.2, 0.25) is 11.8 Å². The number of nitrogens with zero attached hydrogens (tertiary/aromatic N) is 2. The van der Waals surface area contributed by atoms with Crippen LogP contribution < -0.4 is 4.74 Å². The number of aromatic nitrogens is 2. The van der Waals surface area contributed by atoms with Crippen LogP contribution in [0.2, 0.25) is 0 Å². The molecule has 38 heavy (non-hydrogen) atoms. The first-order chi connectivity index (χ1) is 18.7. The Morgan fingerprint density at radius 1 is 0.737 bits per heavy atom. The Hall–Kier alpha value is -3.65. The number of ether oxygens (including phenoxy) is 4. The van der Waals surface area contributed by atoms with Gasteiger partial charge in [-0.05, 0) is 23.1 Å². The van der Waals surface area contributed by atoms with E-state index in [1.807, 2.05) is 97.9 Å². The zero-order valence-electron chi connectivity index (χ0n) is 21.3. The van der Waals surface area contributed by atoms with Crippen LogP contribution in [0.1, 0.15) is 41.8 Å². The Labute approximate surface area is 222 Å². The minimum Gasteiger partial charge on any atom is -0.472 e. The second-order valence-electron chi connectivity index (χ2n) is 9.18. The van der Waals surface area contributed by atoms with Gasteiger partial charge in [0.1, 0.15) is 30.6 Å². The molecule has 0 saturated carbocycles. The zero-order valence-corrected chi connectivity index (χ0v) is 21.3. The maximum atomic E-state index is 15.3. The van der Waals surface area contributed by atoms with Gasteiger partial charge in [-0.15, -0.1) is 0 Å². The molecule has 1 saturated heterocycles. The summed E-state index contributed by atoms with van der Waals surface area (Å²) in [4.78, 5) is 8.40. The highest BCUT2D eigenvalue weighted by Gasteiger charge is 2.48. The summed E-state index contributed by atoms with van der Waals surface area (Å²) < 4.78 is 40.0. The van der Waals surface area contributed by atoms with Crippen LogP contribution in [0.15, 0.2) is 97.2 Å². The lowest BCUT2D eigenvalue weighted by Gasteiger charge is -2.25. The molecule has 4 atom stereocenters. The second-order valence-corrected chi connectivity index (χ2v) is 9.18. The quantitative estimate of drug-likeness (QED) is 0.237. The lowest BCUT2D eigenvalue weighted by molar-refractivity contribution is -0.0800. The van der Waals surface area contributed by atoms with E-state index in [1.54, 1.807) is 0 Å². The third-order valence-electron chi connectivity index (χ3n) is 6.52. The molecule has 0 N–H and O–H groups in total. The lowest BCUT2D eigenvalue weighted by Crippen LogP contribution is -2.35. The van der Waals surface area contributed by atoms with E-state index >= 15 is 4.39 Å². The van der Waals surface area contributed by atoms with E-state index in [0.29, 0.717) is 19.6 Å². The zero-order chi connectivity index (χ0) is 26.2. The average molecular weight is 515 g/mol. The first-order valence-electron chi connectivity index (χ1n) is 12.9. The van der Waals surface area contributed by atoms with E-state index in [9.17, 15) is 0 Å². The van der Waals surface area contributed by atoms with E-state index in [1.165, 1.54) is 6.20 Å². The number of benzene rings is 3. The molecule has 0 bridgehead atoms. The van der Waals surface area contributed by atoms with Crippen molar-refractivity contribution in [2.75, 3.05) is 0 Å². The smallest absolute Gasteiger partial charge is 0.240 e. The monoisotopic (exact) mass is 514 g/mol. The molecule has 0 radical (unpaired) electrons. The summed E-state index contributed by atoms with van der Waals surface area (Å²) in [5.74, 6) is -0.633. The molecular weight excluding hydrogens is 483 g/mol. The number of hydrogen-bond acceptors (Lipinski definition) is 6. The molecule has 7 heteroatoms. The van der Waals surface area contributed by atoms with Crippen molar-refractivity contribution in [2.45, 2.75) is 57.6 Å². The largest absolute Gasteiger partial charge is 0.472 e. The van der Waals surface area contributed by atoms with Crippen molar-refractivity contribution in [1.82, 2.24) is 9.97 Å². The third-order valence-corrected chi connectivity index (χ3v) is 6.52. The van der Waals surface area contributed by atoms with E-state index < -0.39 is 24.3 Å². The molecule has 0 spiro atoms. The molecule has 5 rings (SSSR count). The molecule has 3 aromatic carbocycles. The lowest BCUT2D eigenvalue weighted by atomic mass is 10.0. The summed E-state index contributed by atoms with van der Waals surface area (Å²) in [6.45, 7) is 3.01. The predicted octanol–water partition coefficient (Wildman–Crippen LogP) is 6.22. The predicted molar refractivity (Wildman–Crippen MR) is 141 cm³/mol. The molecule has 4 aromatic rings. The molecule has 0 aliphatic carbocycles. The van der Waals surface area contributed by atoms with E-state index in [-0.39, 0.29) is 24.3 Å². The van der Waals surface area contributed by atoms with Crippen LogP contribution in [-0.4, -0.2) is 28.3 Å². The first-order valence-corrected chi connectivity index (χ1v) is 12.9. The molecule has 2 heterocycles. The topological polar surface area (TPSA) is 62.7 Å². The average Bonchev–Trinajstić information content (AvgIpc) is 3.32. The van der Waals surface area contributed by atoms with Gasteiger partial charge in [-0.25, -0.2) is 4.98 Å². The molecule has 1 unspecified atom stereocenters. The van der Waals surface area contributed by atoms with Gasteiger partial charge >= 0.3 is 0 Å². The summed E-state index contributed by atoms with van der Waals surface area (Å²) in [6, 6.07) is 29.4. The van der Waals surface area contributed by atoms with Crippen molar-refractivity contribution in [3.63, 3.8) is 0 Å². The van der Waals surface area contributed by atoms with Gasteiger partial charge in [0.15, 0.2) is 0 Å². The van der Waals surface area contributed by atoms with Crippen LogP contribution in [0.25, 0.3) is 0 Å². The van der Waals surface area contributed by atoms with Gasteiger partial charge < -0.3 is 18.9 Å².